The predicted molar refractivity (Wildman–Crippen MR) is 107 cm³/mol. The minimum atomic E-state index is -0.351. The zero-order chi connectivity index (χ0) is 17.0. The number of nitrogens with zero attached hydrogens (tertiary/aromatic N) is 2. The lowest BCUT2D eigenvalue weighted by molar-refractivity contribution is -0.384. The van der Waals surface area contributed by atoms with Crippen molar-refractivity contribution in [2.24, 2.45) is 0 Å². The monoisotopic (exact) mass is 415 g/mol. The molecule has 0 unspecified atom stereocenters. The highest BCUT2D eigenvalue weighted by Gasteiger charge is 2.09. The van der Waals surface area contributed by atoms with Crippen molar-refractivity contribution in [3.63, 3.8) is 0 Å². The van der Waals surface area contributed by atoms with E-state index < -0.39 is 0 Å². The second-order valence-corrected chi connectivity index (χ2v) is 6.16. The molecule has 1 aliphatic heterocycles. The van der Waals surface area contributed by atoms with Gasteiger partial charge < -0.3 is 16.0 Å². The minimum Gasteiger partial charge on any atom is -0.315 e. The van der Waals surface area contributed by atoms with Gasteiger partial charge in [0.1, 0.15) is 0 Å². The van der Waals surface area contributed by atoms with Crippen molar-refractivity contribution >= 4 is 22.7 Å². The van der Waals surface area contributed by atoms with E-state index in [9.17, 15) is 10.1 Å². The van der Waals surface area contributed by atoms with Gasteiger partial charge in [0.15, 0.2) is 0 Å². The molecule has 1 heterocycles. The summed E-state index contributed by atoms with van der Waals surface area (Å²) in [5.74, 6) is 0. The van der Waals surface area contributed by atoms with Gasteiger partial charge in [0.25, 0.3) is 5.69 Å². The molecule has 8 heteroatoms. The van der Waals surface area contributed by atoms with Crippen molar-refractivity contribution < 1.29 is 4.92 Å². The number of hydrogen-bond acceptors (Lipinski definition) is 6. The summed E-state index contributed by atoms with van der Waals surface area (Å²) in [6.07, 6.45) is 2.25. The number of halogens is 1. The van der Waals surface area contributed by atoms with Gasteiger partial charge in [-0.25, -0.2) is 0 Å². The highest BCUT2D eigenvalue weighted by atomic mass is 79.9. The van der Waals surface area contributed by atoms with Crippen LogP contribution in [0.2, 0.25) is 0 Å². The van der Waals surface area contributed by atoms with Gasteiger partial charge in [-0.1, -0.05) is 12.1 Å². The van der Waals surface area contributed by atoms with Crippen molar-refractivity contribution in [1.29, 1.82) is 0 Å². The second-order valence-electron chi connectivity index (χ2n) is 6.16. The minimum absolute atomic E-state index is 0. The van der Waals surface area contributed by atoms with E-state index in [0.29, 0.717) is 0 Å². The van der Waals surface area contributed by atoms with Crippen LogP contribution < -0.4 is 16.0 Å². The molecule has 1 aromatic rings. The summed E-state index contributed by atoms with van der Waals surface area (Å²) < 4.78 is 0. The smallest absolute Gasteiger partial charge is 0.269 e. The Morgan fingerprint density at radius 3 is 2.12 bits per heavy atom. The molecular weight excluding hydrogens is 386 g/mol. The Kier molecular flexibility index (Phi) is 11.6. The number of nitro benzene ring substituents is 1. The summed E-state index contributed by atoms with van der Waals surface area (Å²) >= 11 is 0. The molecular formula is C17H30BrN5O2. The van der Waals surface area contributed by atoms with Crippen LogP contribution in [0, 0.1) is 10.1 Å². The Bertz CT molecular complexity index is 472. The first kappa shape index (κ1) is 22.0. The lowest BCUT2D eigenvalue weighted by Crippen LogP contribution is -2.36. The summed E-state index contributed by atoms with van der Waals surface area (Å²) in [6.45, 7) is 8.96. The van der Waals surface area contributed by atoms with Crippen molar-refractivity contribution in [3.8, 4) is 0 Å². The molecule has 142 valence electrons. The summed E-state index contributed by atoms with van der Waals surface area (Å²) in [4.78, 5) is 12.8. The Morgan fingerprint density at radius 1 is 0.880 bits per heavy atom. The highest BCUT2D eigenvalue weighted by molar-refractivity contribution is 8.93. The Labute approximate surface area is 160 Å². The van der Waals surface area contributed by atoms with Crippen molar-refractivity contribution in [2.45, 2.75) is 19.4 Å². The number of benzene rings is 1. The first-order valence-electron chi connectivity index (χ1n) is 8.83. The van der Waals surface area contributed by atoms with Gasteiger partial charge in [0, 0.05) is 44.9 Å². The first-order valence-corrected chi connectivity index (χ1v) is 8.83. The van der Waals surface area contributed by atoms with E-state index in [4.69, 9.17) is 0 Å². The second kappa shape index (κ2) is 13.2. The zero-order valence-corrected chi connectivity index (χ0v) is 16.4. The van der Waals surface area contributed by atoms with E-state index in [-0.39, 0.29) is 27.6 Å². The maximum Gasteiger partial charge on any atom is 0.269 e. The van der Waals surface area contributed by atoms with E-state index in [0.717, 1.165) is 77.3 Å². The van der Waals surface area contributed by atoms with Gasteiger partial charge in [-0.2, -0.15) is 0 Å². The van der Waals surface area contributed by atoms with E-state index in [1.54, 1.807) is 12.1 Å². The number of non-ortho nitro benzene ring substituents is 1. The van der Waals surface area contributed by atoms with Gasteiger partial charge >= 0.3 is 0 Å². The third kappa shape index (κ3) is 9.27. The molecule has 1 aliphatic rings. The fourth-order valence-corrected chi connectivity index (χ4v) is 2.81. The maximum absolute atomic E-state index is 10.7. The molecule has 1 fully saturated rings. The predicted octanol–water partition coefficient (Wildman–Crippen LogP) is 1.54. The van der Waals surface area contributed by atoms with Gasteiger partial charge in [0.2, 0.25) is 0 Å². The molecule has 25 heavy (non-hydrogen) atoms. The molecule has 0 spiro atoms. The largest absolute Gasteiger partial charge is 0.315 e. The summed E-state index contributed by atoms with van der Waals surface area (Å²) in [7, 11) is 0. The number of rotatable bonds is 3. The lowest BCUT2D eigenvalue weighted by atomic mass is 10.2. The SMILES string of the molecule is Br.O=[N+]([O-])c1ccc(CN2CCCNCCNCCCNCC2)cc1. The molecule has 0 aromatic heterocycles. The third-order valence-electron chi connectivity index (χ3n) is 4.17. The average Bonchev–Trinajstić information content (AvgIpc) is 2.58. The number of hydrogen-bond donors (Lipinski definition) is 3. The van der Waals surface area contributed by atoms with Crippen LogP contribution in [0.5, 0.6) is 0 Å². The van der Waals surface area contributed by atoms with Gasteiger partial charge in [-0.3, -0.25) is 15.0 Å². The maximum atomic E-state index is 10.7. The van der Waals surface area contributed by atoms with Crippen LogP contribution in [-0.2, 0) is 6.54 Å². The van der Waals surface area contributed by atoms with Crippen LogP contribution >= 0.6 is 17.0 Å². The van der Waals surface area contributed by atoms with E-state index in [2.05, 4.69) is 20.9 Å². The first-order chi connectivity index (χ1) is 11.8. The third-order valence-corrected chi connectivity index (χ3v) is 4.17. The normalized spacial score (nSPS) is 18.7. The fourth-order valence-electron chi connectivity index (χ4n) is 2.81. The Morgan fingerprint density at radius 2 is 1.48 bits per heavy atom. The molecule has 7 nitrogen and oxygen atoms in total. The molecule has 0 atom stereocenters. The van der Waals surface area contributed by atoms with Crippen LogP contribution in [0.15, 0.2) is 24.3 Å². The molecule has 2 rings (SSSR count). The van der Waals surface area contributed by atoms with Crippen LogP contribution in [-0.4, -0.2) is 62.2 Å². The van der Waals surface area contributed by atoms with Crippen LogP contribution in [0.25, 0.3) is 0 Å². The van der Waals surface area contributed by atoms with Crippen LogP contribution in [0.4, 0.5) is 5.69 Å². The van der Waals surface area contributed by atoms with Gasteiger partial charge in [0.05, 0.1) is 4.92 Å². The average molecular weight is 416 g/mol. The van der Waals surface area contributed by atoms with Crippen LogP contribution in [0.3, 0.4) is 0 Å². The number of nitro groups is 1. The quantitative estimate of drug-likeness (QED) is 0.512. The molecule has 0 amide bonds. The highest BCUT2D eigenvalue weighted by Crippen LogP contribution is 2.13. The van der Waals surface area contributed by atoms with Crippen LogP contribution in [0.1, 0.15) is 18.4 Å². The molecule has 0 radical (unpaired) electrons. The Hall–Kier alpha value is -1.06. The summed E-state index contributed by atoms with van der Waals surface area (Å²) in [5, 5.41) is 21.1. The molecule has 0 bridgehead atoms. The summed E-state index contributed by atoms with van der Waals surface area (Å²) in [6, 6.07) is 6.90. The molecule has 0 aliphatic carbocycles. The van der Waals surface area contributed by atoms with E-state index in [1.165, 1.54) is 0 Å². The zero-order valence-electron chi connectivity index (χ0n) is 14.7. The lowest BCUT2D eigenvalue weighted by Gasteiger charge is -2.23. The fraction of sp³-hybridized carbons (Fsp3) is 0.647. The van der Waals surface area contributed by atoms with Crippen molar-refractivity contribution in [2.75, 3.05) is 52.4 Å². The Balaban J connectivity index is 0.00000312. The van der Waals surface area contributed by atoms with E-state index in [1.807, 2.05) is 12.1 Å². The van der Waals surface area contributed by atoms with Crippen molar-refractivity contribution in [1.82, 2.24) is 20.9 Å². The van der Waals surface area contributed by atoms with Crippen molar-refractivity contribution in [3.05, 3.63) is 39.9 Å². The molecule has 0 saturated carbocycles. The van der Waals surface area contributed by atoms with Gasteiger partial charge in [-0.15, -0.1) is 17.0 Å². The van der Waals surface area contributed by atoms with Gasteiger partial charge in [-0.05, 0) is 44.6 Å². The number of nitrogens with one attached hydrogen (secondary N) is 3. The molecule has 3 N–H and O–H groups in total. The standard InChI is InChI=1S/C17H29N5O2.BrH/c23-22(24)17-5-3-16(4-6-17)15-21-13-2-9-19-11-10-18-7-1-8-20-12-14-21;/h3-6,18-20H,1-2,7-15H2;1H. The van der Waals surface area contributed by atoms with E-state index >= 15 is 0 Å². The summed E-state index contributed by atoms with van der Waals surface area (Å²) in [5.41, 5.74) is 1.28. The molecule has 1 aromatic carbocycles. The molecule has 1 saturated heterocycles. The topological polar surface area (TPSA) is 82.5 Å².